The van der Waals surface area contributed by atoms with Gasteiger partial charge in [0.25, 0.3) is 0 Å². The van der Waals surface area contributed by atoms with Crippen molar-refractivity contribution in [2.24, 2.45) is 0 Å². The van der Waals surface area contributed by atoms with E-state index >= 15 is 0 Å². The molecule has 1 unspecified atom stereocenters. The molecule has 0 amide bonds. The van der Waals surface area contributed by atoms with Crippen LogP contribution < -0.4 is 4.72 Å². The van der Waals surface area contributed by atoms with Gasteiger partial charge in [-0.15, -0.1) is 10.2 Å². The summed E-state index contributed by atoms with van der Waals surface area (Å²) < 4.78 is 25.9. The minimum absolute atomic E-state index is 0.0582. The van der Waals surface area contributed by atoms with E-state index in [2.05, 4.69) is 35.5 Å². The summed E-state index contributed by atoms with van der Waals surface area (Å²) in [5.74, 6) is 0.270. The van der Waals surface area contributed by atoms with Crippen molar-refractivity contribution < 1.29 is 8.42 Å². The molecule has 0 saturated heterocycles. The molecule has 2 rings (SSSR count). The minimum Gasteiger partial charge on any atom is -0.284 e. The number of H-pyrrole nitrogens is 2. The average molecular weight is 243 g/mol. The van der Waals surface area contributed by atoms with E-state index in [-0.39, 0.29) is 10.7 Å². The van der Waals surface area contributed by atoms with E-state index in [0.29, 0.717) is 0 Å². The van der Waals surface area contributed by atoms with E-state index in [0.717, 1.165) is 0 Å². The first-order chi connectivity index (χ1) is 7.59. The molecule has 0 saturated carbocycles. The highest BCUT2D eigenvalue weighted by Crippen LogP contribution is 2.11. The number of rotatable bonds is 4. The van der Waals surface area contributed by atoms with Gasteiger partial charge < -0.3 is 0 Å². The number of hydrogen-bond acceptors (Lipinski definition) is 6. The maximum atomic E-state index is 11.7. The molecule has 1 atom stereocenters. The Kier molecular flexibility index (Phi) is 2.66. The number of sulfonamides is 1. The van der Waals surface area contributed by atoms with Crippen molar-refractivity contribution in [2.75, 3.05) is 0 Å². The molecule has 0 spiro atoms. The Morgan fingerprint density at radius 2 is 2.31 bits per heavy atom. The van der Waals surface area contributed by atoms with Crippen molar-refractivity contribution in [2.45, 2.75) is 17.9 Å². The van der Waals surface area contributed by atoms with Gasteiger partial charge in [0.2, 0.25) is 10.0 Å². The monoisotopic (exact) mass is 243 g/mol. The summed E-state index contributed by atoms with van der Waals surface area (Å²) in [5.41, 5.74) is 0. The Morgan fingerprint density at radius 3 is 2.88 bits per heavy atom. The standard InChI is InChI=1S/C6H9N7O2S/c1-4(6-9-12-13-10-6)11-16(14,15)5-2-7-8-3-5/h2-4,11H,1H3,(H,7,8)(H,9,10,12,13). The van der Waals surface area contributed by atoms with Gasteiger partial charge in [-0.1, -0.05) is 5.21 Å². The Bertz CT molecular complexity index is 531. The summed E-state index contributed by atoms with van der Waals surface area (Å²) in [6.45, 7) is 1.61. The molecule has 2 aromatic rings. The van der Waals surface area contributed by atoms with Gasteiger partial charge >= 0.3 is 0 Å². The molecular weight excluding hydrogens is 234 g/mol. The fourth-order valence-electron chi connectivity index (χ4n) is 1.09. The zero-order valence-electron chi connectivity index (χ0n) is 8.25. The van der Waals surface area contributed by atoms with Crippen LogP contribution in [0.1, 0.15) is 18.8 Å². The van der Waals surface area contributed by atoms with Gasteiger partial charge in [0.15, 0.2) is 5.82 Å². The molecule has 0 aliphatic carbocycles. The van der Waals surface area contributed by atoms with Crippen LogP contribution in [-0.4, -0.2) is 39.2 Å². The van der Waals surface area contributed by atoms with Gasteiger partial charge in [-0.05, 0) is 6.92 Å². The highest BCUT2D eigenvalue weighted by molar-refractivity contribution is 7.89. The van der Waals surface area contributed by atoms with E-state index in [9.17, 15) is 8.42 Å². The van der Waals surface area contributed by atoms with Crippen molar-refractivity contribution in [3.8, 4) is 0 Å². The van der Waals surface area contributed by atoms with E-state index < -0.39 is 16.1 Å². The lowest BCUT2D eigenvalue weighted by molar-refractivity contribution is 0.560. The van der Waals surface area contributed by atoms with Crippen molar-refractivity contribution in [3.05, 3.63) is 18.2 Å². The van der Waals surface area contributed by atoms with Gasteiger partial charge in [0.05, 0.1) is 12.2 Å². The lowest BCUT2D eigenvalue weighted by Gasteiger charge is -2.08. The summed E-state index contributed by atoms with van der Waals surface area (Å²) in [6, 6.07) is -0.571. The van der Waals surface area contributed by atoms with Gasteiger partial charge in [0, 0.05) is 6.20 Å². The Morgan fingerprint density at radius 1 is 1.50 bits per heavy atom. The van der Waals surface area contributed by atoms with E-state index in [1.54, 1.807) is 6.92 Å². The molecule has 3 N–H and O–H groups in total. The molecular formula is C6H9N7O2S. The average Bonchev–Trinajstić information content (AvgIpc) is 2.91. The lowest BCUT2D eigenvalue weighted by atomic mass is 10.4. The molecule has 2 heterocycles. The zero-order valence-corrected chi connectivity index (χ0v) is 9.06. The SMILES string of the molecule is CC(NS(=O)(=O)c1cn[nH]c1)c1nn[nH]n1. The highest BCUT2D eigenvalue weighted by atomic mass is 32.2. The van der Waals surface area contributed by atoms with Crippen LogP contribution in [0.4, 0.5) is 0 Å². The topological polar surface area (TPSA) is 129 Å². The Labute approximate surface area is 90.7 Å². The van der Waals surface area contributed by atoms with Crippen LogP contribution in [0.3, 0.4) is 0 Å². The smallest absolute Gasteiger partial charge is 0.244 e. The first-order valence-corrected chi connectivity index (χ1v) is 5.82. The molecule has 0 aromatic carbocycles. The first-order valence-electron chi connectivity index (χ1n) is 4.34. The molecule has 9 nitrogen and oxygen atoms in total. The van der Waals surface area contributed by atoms with Gasteiger partial charge in [0.1, 0.15) is 4.90 Å². The number of nitrogens with zero attached hydrogens (tertiary/aromatic N) is 4. The predicted molar refractivity (Wildman–Crippen MR) is 51.5 cm³/mol. The fraction of sp³-hybridized carbons (Fsp3) is 0.333. The third kappa shape index (κ3) is 2.06. The molecule has 0 radical (unpaired) electrons. The lowest BCUT2D eigenvalue weighted by Crippen LogP contribution is -2.27. The Hall–Kier alpha value is -1.81. The normalized spacial score (nSPS) is 13.8. The molecule has 0 bridgehead atoms. The van der Waals surface area contributed by atoms with Crippen LogP contribution in [0, 0.1) is 0 Å². The maximum absolute atomic E-state index is 11.7. The zero-order chi connectivity index (χ0) is 11.6. The second kappa shape index (κ2) is 3.98. The molecule has 10 heteroatoms. The van der Waals surface area contributed by atoms with Crippen molar-refractivity contribution in [3.63, 3.8) is 0 Å². The van der Waals surface area contributed by atoms with Gasteiger partial charge in [-0.25, -0.2) is 13.1 Å². The predicted octanol–water partition coefficient (Wildman–Crippen LogP) is -1.04. The van der Waals surface area contributed by atoms with Crippen molar-refractivity contribution >= 4 is 10.0 Å². The molecule has 0 fully saturated rings. The van der Waals surface area contributed by atoms with Crippen LogP contribution >= 0.6 is 0 Å². The second-order valence-corrected chi connectivity index (χ2v) is 4.76. The van der Waals surface area contributed by atoms with E-state index in [1.807, 2.05) is 0 Å². The molecule has 86 valence electrons. The highest BCUT2D eigenvalue weighted by Gasteiger charge is 2.21. The quantitative estimate of drug-likeness (QED) is 0.629. The Balaban J connectivity index is 2.16. The van der Waals surface area contributed by atoms with Crippen molar-refractivity contribution in [1.82, 2.24) is 35.5 Å². The molecule has 0 aliphatic heterocycles. The third-order valence-corrected chi connectivity index (χ3v) is 3.37. The van der Waals surface area contributed by atoms with E-state index in [4.69, 9.17) is 0 Å². The van der Waals surface area contributed by atoms with Crippen LogP contribution in [-0.2, 0) is 10.0 Å². The van der Waals surface area contributed by atoms with Crippen LogP contribution in [0.25, 0.3) is 0 Å². The largest absolute Gasteiger partial charge is 0.284 e. The first kappa shape index (κ1) is 10.7. The van der Waals surface area contributed by atoms with Crippen LogP contribution in [0.2, 0.25) is 0 Å². The van der Waals surface area contributed by atoms with Crippen LogP contribution in [0.5, 0.6) is 0 Å². The summed E-state index contributed by atoms with van der Waals surface area (Å²) in [7, 11) is -3.61. The molecule has 16 heavy (non-hydrogen) atoms. The third-order valence-electron chi connectivity index (χ3n) is 1.86. The second-order valence-electron chi connectivity index (χ2n) is 3.05. The number of tetrazole rings is 1. The van der Waals surface area contributed by atoms with E-state index in [1.165, 1.54) is 12.4 Å². The maximum Gasteiger partial charge on any atom is 0.244 e. The number of aromatic amines is 2. The summed E-state index contributed by atoms with van der Waals surface area (Å²) in [5, 5.41) is 19.0. The minimum atomic E-state index is -3.61. The summed E-state index contributed by atoms with van der Waals surface area (Å²) in [6.07, 6.45) is 2.50. The van der Waals surface area contributed by atoms with Gasteiger partial charge in [-0.2, -0.15) is 10.3 Å². The summed E-state index contributed by atoms with van der Waals surface area (Å²) in [4.78, 5) is 0.0582. The summed E-state index contributed by atoms with van der Waals surface area (Å²) >= 11 is 0. The fourth-order valence-corrected chi connectivity index (χ4v) is 2.20. The van der Waals surface area contributed by atoms with Crippen molar-refractivity contribution in [1.29, 1.82) is 0 Å². The number of aromatic nitrogens is 6. The number of nitrogens with one attached hydrogen (secondary N) is 3. The van der Waals surface area contributed by atoms with Gasteiger partial charge in [-0.3, -0.25) is 5.10 Å². The van der Waals surface area contributed by atoms with Crippen LogP contribution in [0.15, 0.2) is 17.3 Å². The molecule has 2 aromatic heterocycles. The number of hydrogen-bond donors (Lipinski definition) is 3. The molecule has 0 aliphatic rings.